The Hall–Kier alpha value is -0.760. The van der Waals surface area contributed by atoms with Gasteiger partial charge in [-0.15, -0.1) is 12.4 Å². The number of hydrogen-bond donors (Lipinski definition) is 2. The van der Waals surface area contributed by atoms with Gasteiger partial charge in [-0.05, 0) is 25.3 Å². The van der Waals surface area contributed by atoms with E-state index >= 15 is 0 Å². The van der Waals surface area contributed by atoms with E-state index in [-0.39, 0.29) is 29.8 Å². The van der Waals surface area contributed by atoms with Crippen molar-refractivity contribution in [2.75, 3.05) is 6.54 Å². The third-order valence-corrected chi connectivity index (χ3v) is 4.29. The summed E-state index contributed by atoms with van der Waals surface area (Å²) in [5.74, 6) is -0.414. The van der Waals surface area contributed by atoms with E-state index in [1.165, 1.54) is 0 Å². The Kier molecular flexibility index (Phi) is 7.03. The lowest BCUT2D eigenvalue weighted by molar-refractivity contribution is 0.344. The highest BCUT2D eigenvalue weighted by molar-refractivity contribution is 7.89. The zero-order valence-electron chi connectivity index (χ0n) is 11.8. The van der Waals surface area contributed by atoms with Crippen molar-refractivity contribution >= 4 is 22.4 Å². The molecule has 0 amide bonds. The summed E-state index contributed by atoms with van der Waals surface area (Å²) in [6.07, 6.45) is 2.65. The molecule has 3 N–H and O–H groups in total. The molecule has 5 nitrogen and oxygen atoms in total. The van der Waals surface area contributed by atoms with Crippen LogP contribution in [0.25, 0.3) is 0 Å². The molecule has 0 saturated carbocycles. The summed E-state index contributed by atoms with van der Waals surface area (Å²) < 4.78 is 39.9. The van der Waals surface area contributed by atoms with E-state index in [9.17, 15) is 12.8 Å². The smallest absolute Gasteiger partial charge is 0.242 e. The molecule has 0 radical (unpaired) electrons. The number of sulfonamides is 1. The maximum atomic E-state index is 13.0. The lowest BCUT2D eigenvalue weighted by Gasteiger charge is -2.30. The van der Waals surface area contributed by atoms with Gasteiger partial charge in [0, 0.05) is 18.3 Å². The van der Waals surface area contributed by atoms with E-state index in [0.717, 1.165) is 18.5 Å². The molecule has 1 atom stereocenters. The second kappa shape index (κ2) is 7.31. The van der Waals surface area contributed by atoms with Crippen LogP contribution >= 0.6 is 12.4 Å². The Morgan fingerprint density at radius 2 is 2.05 bits per heavy atom. The summed E-state index contributed by atoms with van der Waals surface area (Å²) in [5.41, 5.74) is 4.89. The summed E-state index contributed by atoms with van der Waals surface area (Å²) >= 11 is 0. The second-order valence-electron chi connectivity index (χ2n) is 5.31. The summed E-state index contributed by atoms with van der Waals surface area (Å²) in [6.45, 7) is 5.85. The monoisotopic (exact) mass is 325 g/mol. The molecule has 8 heteroatoms. The van der Waals surface area contributed by atoms with Gasteiger partial charge in [0.05, 0.1) is 6.20 Å². The van der Waals surface area contributed by atoms with E-state index < -0.39 is 21.4 Å². The average Bonchev–Trinajstić information content (AvgIpc) is 2.27. The van der Waals surface area contributed by atoms with Crippen LogP contribution in [0.3, 0.4) is 0 Å². The fourth-order valence-corrected chi connectivity index (χ4v) is 3.39. The van der Waals surface area contributed by atoms with Crippen molar-refractivity contribution in [1.29, 1.82) is 0 Å². The van der Waals surface area contributed by atoms with Crippen LogP contribution < -0.4 is 10.5 Å². The molecular formula is C12H21ClFN3O2S. The number of aromatic nitrogens is 1. The number of hydrogen-bond acceptors (Lipinski definition) is 4. The van der Waals surface area contributed by atoms with Gasteiger partial charge in [-0.2, -0.15) is 0 Å². The number of pyridine rings is 1. The van der Waals surface area contributed by atoms with Crippen LogP contribution in [-0.2, 0) is 10.0 Å². The van der Waals surface area contributed by atoms with E-state index in [2.05, 4.69) is 9.71 Å². The Labute approximate surface area is 125 Å². The minimum atomic E-state index is -3.83. The molecule has 1 heterocycles. The highest BCUT2D eigenvalue weighted by atomic mass is 35.5. The molecule has 0 aromatic carbocycles. The maximum absolute atomic E-state index is 13.0. The predicted octanol–water partition coefficient (Wildman–Crippen LogP) is 1.68. The molecule has 0 saturated heterocycles. The summed E-state index contributed by atoms with van der Waals surface area (Å²) in [6, 6.07) is 0.932. The van der Waals surface area contributed by atoms with Gasteiger partial charge >= 0.3 is 0 Å². The van der Waals surface area contributed by atoms with Gasteiger partial charge in [0.2, 0.25) is 10.0 Å². The van der Waals surface area contributed by atoms with Crippen LogP contribution in [0.2, 0.25) is 0 Å². The Morgan fingerprint density at radius 1 is 1.45 bits per heavy atom. The first-order valence-electron chi connectivity index (χ1n) is 6.03. The van der Waals surface area contributed by atoms with E-state index in [1.54, 1.807) is 6.92 Å². The van der Waals surface area contributed by atoms with Crippen LogP contribution in [0.5, 0.6) is 0 Å². The molecule has 1 aromatic rings. The van der Waals surface area contributed by atoms with Crippen LogP contribution in [0, 0.1) is 11.7 Å². The van der Waals surface area contributed by atoms with Crippen LogP contribution in [-0.4, -0.2) is 25.5 Å². The van der Waals surface area contributed by atoms with E-state index in [0.29, 0.717) is 6.42 Å². The fraction of sp³-hybridized carbons (Fsp3) is 0.583. The number of nitrogens with one attached hydrogen (secondary N) is 1. The first-order chi connectivity index (χ1) is 8.68. The minimum absolute atomic E-state index is 0. The molecule has 0 bridgehead atoms. The van der Waals surface area contributed by atoms with Gasteiger partial charge in [0.1, 0.15) is 10.7 Å². The Morgan fingerprint density at radius 3 is 2.50 bits per heavy atom. The molecule has 0 aliphatic carbocycles. The highest BCUT2D eigenvalue weighted by Gasteiger charge is 2.30. The third-order valence-electron chi connectivity index (χ3n) is 2.68. The van der Waals surface area contributed by atoms with Crippen LogP contribution in [0.4, 0.5) is 4.39 Å². The standard InChI is InChI=1S/C12H20FN3O2S.ClH/c1-9(2)5-12(3,8-14)16-19(17,18)11-4-10(13)6-15-7-11;/h4,6-7,9,16H,5,8,14H2,1-3H3;1H. The Bertz CT molecular complexity index is 539. The van der Waals surface area contributed by atoms with Gasteiger partial charge in [0.15, 0.2) is 0 Å². The van der Waals surface area contributed by atoms with Crippen molar-refractivity contribution in [1.82, 2.24) is 9.71 Å². The van der Waals surface area contributed by atoms with Gasteiger partial charge in [0.25, 0.3) is 0 Å². The first-order valence-corrected chi connectivity index (χ1v) is 7.51. The molecule has 0 aliphatic heterocycles. The molecular weight excluding hydrogens is 305 g/mol. The van der Waals surface area contributed by atoms with Gasteiger partial charge in [-0.3, -0.25) is 4.98 Å². The van der Waals surface area contributed by atoms with Crippen LogP contribution in [0.1, 0.15) is 27.2 Å². The van der Waals surface area contributed by atoms with E-state index in [1.807, 2.05) is 13.8 Å². The largest absolute Gasteiger partial charge is 0.329 e. The SMILES string of the molecule is CC(C)CC(C)(CN)NS(=O)(=O)c1cncc(F)c1.Cl. The molecule has 0 spiro atoms. The molecule has 1 rings (SSSR count). The highest BCUT2D eigenvalue weighted by Crippen LogP contribution is 2.19. The first kappa shape index (κ1) is 19.2. The summed E-state index contributed by atoms with van der Waals surface area (Å²) in [7, 11) is -3.83. The second-order valence-corrected chi connectivity index (χ2v) is 6.99. The van der Waals surface area contributed by atoms with Crippen molar-refractivity contribution in [3.8, 4) is 0 Å². The van der Waals surface area contributed by atoms with Gasteiger partial charge in [-0.1, -0.05) is 13.8 Å². The molecule has 1 unspecified atom stereocenters. The van der Waals surface area contributed by atoms with Crippen LogP contribution in [0.15, 0.2) is 23.4 Å². The molecule has 1 aromatic heterocycles. The van der Waals surface area contributed by atoms with Crippen molar-refractivity contribution in [2.45, 2.75) is 37.6 Å². The molecule has 0 fully saturated rings. The number of halogens is 2. The fourth-order valence-electron chi connectivity index (χ4n) is 1.99. The predicted molar refractivity (Wildman–Crippen MR) is 78.7 cm³/mol. The molecule has 20 heavy (non-hydrogen) atoms. The van der Waals surface area contributed by atoms with Crippen molar-refractivity contribution in [2.24, 2.45) is 11.7 Å². The van der Waals surface area contributed by atoms with Crippen molar-refractivity contribution < 1.29 is 12.8 Å². The van der Waals surface area contributed by atoms with E-state index in [4.69, 9.17) is 5.73 Å². The number of nitrogens with two attached hydrogens (primary N) is 1. The van der Waals surface area contributed by atoms with Gasteiger partial charge in [-0.25, -0.2) is 17.5 Å². The zero-order chi connectivity index (χ0) is 14.7. The lowest BCUT2D eigenvalue weighted by atomic mass is 9.92. The normalized spacial score (nSPS) is 14.7. The van der Waals surface area contributed by atoms with Crippen molar-refractivity contribution in [3.63, 3.8) is 0 Å². The molecule has 116 valence electrons. The average molecular weight is 326 g/mol. The third kappa shape index (κ3) is 5.32. The summed E-state index contributed by atoms with van der Waals surface area (Å²) in [5, 5.41) is 0. The lowest BCUT2D eigenvalue weighted by Crippen LogP contribution is -2.52. The quantitative estimate of drug-likeness (QED) is 0.833. The minimum Gasteiger partial charge on any atom is -0.329 e. The number of nitrogens with zero attached hydrogens (tertiary/aromatic N) is 1. The number of rotatable bonds is 6. The van der Waals surface area contributed by atoms with Gasteiger partial charge < -0.3 is 5.73 Å². The zero-order valence-corrected chi connectivity index (χ0v) is 13.4. The Balaban J connectivity index is 0.00000361. The summed E-state index contributed by atoms with van der Waals surface area (Å²) in [4.78, 5) is 3.34. The van der Waals surface area contributed by atoms with Crippen molar-refractivity contribution in [3.05, 3.63) is 24.3 Å². The molecule has 0 aliphatic rings. The maximum Gasteiger partial charge on any atom is 0.242 e. The topological polar surface area (TPSA) is 85.1 Å².